The van der Waals surface area contributed by atoms with E-state index in [1.807, 2.05) is 0 Å². The van der Waals surface area contributed by atoms with Crippen molar-refractivity contribution in [2.45, 2.75) is 26.5 Å². The average molecular weight is 472 g/mol. The number of benzene rings is 1. The monoisotopic (exact) mass is 472 g/mol. The molecule has 0 bridgehead atoms. The minimum Gasteiger partial charge on any atom is -0.493 e. The fourth-order valence-electron chi connectivity index (χ4n) is 3.04. The van der Waals surface area contributed by atoms with Crippen molar-refractivity contribution < 1.29 is 42.5 Å². The number of amides is 3. The Hall–Kier alpha value is -4.28. The van der Waals surface area contributed by atoms with Gasteiger partial charge in [-0.3, -0.25) is 9.69 Å². The summed E-state index contributed by atoms with van der Waals surface area (Å²) < 4.78 is 25.7. The second kappa shape index (κ2) is 10.6. The third-order valence-corrected chi connectivity index (χ3v) is 4.54. The molecule has 1 saturated heterocycles. The number of hydrogen-bond donors (Lipinski definition) is 1. The number of furan rings is 1. The Morgan fingerprint density at radius 3 is 2.56 bits per heavy atom. The van der Waals surface area contributed by atoms with Gasteiger partial charge in [0.15, 0.2) is 18.1 Å². The van der Waals surface area contributed by atoms with Crippen molar-refractivity contribution in [2.24, 2.45) is 0 Å². The second-order valence-electron chi connectivity index (χ2n) is 7.37. The van der Waals surface area contributed by atoms with Gasteiger partial charge in [0.05, 0.1) is 26.9 Å². The SMILES string of the molecule is COC(=O)c1ccc(CN2C(=O)N/C(=C\c3ccc(OCC(=O)OC(C)C)c(OC)c3)C2=O)o1. The van der Waals surface area contributed by atoms with Gasteiger partial charge in [-0.05, 0) is 49.8 Å². The third-order valence-electron chi connectivity index (χ3n) is 4.54. The van der Waals surface area contributed by atoms with Crippen molar-refractivity contribution in [2.75, 3.05) is 20.8 Å². The molecule has 1 aliphatic rings. The molecular formula is C23H24N2O9. The van der Waals surface area contributed by atoms with E-state index in [1.54, 1.807) is 32.0 Å². The molecule has 180 valence electrons. The molecule has 2 aromatic rings. The van der Waals surface area contributed by atoms with E-state index in [1.165, 1.54) is 32.4 Å². The molecule has 0 saturated carbocycles. The normalized spacial score (nSPS) is 14.4. The molecule has 0 spiro atoms. The zero-order chi connectivity index (χ0) is 24.8. The standard InChI is InChI=1S/C23H24N2O9/c1-13(2)33-20(26)12-32-17-7-5-14(10-19(17)30-3)9-16-21(27)25(23(29)24-16)11-15-6-8-18(34-15)22(28)31-4/h5-10,13H,11-12H2,1-4H3,(H,24,29)/b16-9-. The van der Waals surface area contributed by atoms with Gasteiger partial charge < -0.3 is 28.7 Å². The fraction of sp³-hybridized carbons (Fsp3) is 0.304. The van der Waals surface area contributed by atoms with Crippen LogP contribution in [0, 0.1) is 0 Å². The van der Waals surface area contributed by atoms with Gasteiger partial charge in [0.1, 0.15) is 11.5 Å². The summed E-state index contributed by atoms with van der Waals surface area (Å²) in [4.78, 5) is 49.2. The average Bonchev–Trinajstić information content (AvgIpc) is 3.37. The van der Waals surface area contributed by atoms with E-state index in [9.17, 15) is 19.2 Å². The van der Waals surface area contributed by atoms with Crippen molar-refractivity contribution >= 4 is 30.0 Å². The fourth-order valence-corrected chi connectivity index (χ4v) is 3.04. The highest BCUT2D eigenvalue weighted by Crippen LogP contribution is 2.29. The molecule has 11 nitrogen and oxygen atoms in total. The minimum absolute atomic E-state index is 0.0350. The topological polar surface area (TPSA) is 134 Å². The molecule has 34 heavy (non-hydrogen) atoms. The summed E-state index contributed by atoms with van der Waals surface area (Å²) in [6.07, 6.45) is 1.22. The minimum atomic E-state index is -0.665. The Labute approximate surface area is 195 Å². The van der Waals surface area contributed by atoms with Gasteiger partial charge >= 0.3 is 18.0 Å². The lowest BCUT2D eigenvalue weighted by molar-refractivity contribution is -0.149. The van der Waals surface area contributed by atoms with Gasteiger partial charge in [0, 0.05) is 0 Å². The molecule has 1 fully saturated rings. The van der Waals surface area contributed by atoms with E-state index >= 15 is 0 Å². The quantitative estimate of drug-likeness (QED) is 0.332. The van der Waals surface area contributed by atoms with Crippen LogP contribution in [0.15, 0.2) is 40.4 Å². The van der Waals surface area contributed by atoms with Crippen LogP contribution < -0.4 is 14.8 Å². The van der Waals surface area contributed by atoms with Crippen LogP contribution in [0.25, 0.3) is 6.08 Å². The molecule has 11 heteroatoms. The van der Waals surface area contributed by atoms with Crippen molar-refractivity contribution in [3.63, 3.8) is 0 Å². The number of carbonyl (C=O) groups is 4. The van der Waals surface area contributed by atoms with Crippen LogP contribution in [0.4, 0.5) is 4.79 Å². The molecule has 0 radical (unpaired) electrons. The molecule has 1 N–H and O–H groups in total. The molecule has 3 rings (SSSR count). The number of nitrogens with zero attached hydrogens (tertiary/aromatic N) is 1. The Balaban J connectivity index is 1.71. The summed E-state index contributed by atoms with van der Waals surface area (Å²) in [6, 6.07) is 7.04. The summed E-state index contributed by atoms with van der Waals surface area (Å²) in [5, 5.41) is 2.51. The maximum atomic E-state index is 12.7. The number of methoxy groups -OCH3 is 2. The van der Waals surface area contributed by atoms with Gasteiger partial charge in [0.2, 0.25) is 5.76 Å². The highest BCUT2D eigenvalue weighted by Gasteiger charge is 2.34. The molecule has 3 amide bonds. The van der Waals surface area contributed by atoms with Crippen LogP contribution in [-0.4, -0.2) is 55.7 Å². The first-order valence-electron chi connectivity index (χ1n) is 10.2. The molecule has 2 heterocycles. The smallest absolute Gasteiger partial charge is 0.373 e. The van der Waals surface area contributed by atoms with E-state index in [0.717, 1.165) is 4.90 Å². The van der Waals surface area contributed by atoms with E-state index in [2.05, 4.69) is 10.1 Å². The Kier molecular flexibility index (Phi) is 7.57. The van der Waals surface area contributed by atoms with Crippen LogP contribution in [0.3, 0.4) is 0 Å². The summed E-state index contributed by atoms with van der Waals surface area (Å²) in [5.41, 5.74) is 0.589. The molecule has 1 aromatic heterocycles. The lowest BCUT2D eigenvalue weighted by Gasteiger charge is -2.12. The maximum absolute atomic E-state index is 12.7. The third kappa shape index (κ3) is 5.74. The van der Waals surface area contributed by atoms with Gasteiger partial charge in [-0.2, -0.15) is 0 Å². The summed E-state index contributed by atoms with van der Waals surface area (Å²) >= 11 is 0. The molecule has 0 atom stereocenters. The number of esters is 2. The zero-order valence-corrected chi connectivity index (χ0v) is 19.1. The molecule has 1 aromatic carbocycles. The largest absolute Gasteiger partial charge is 0.493 e. The highest BCUT2D eigenvalue weighted by atomic mass is 16.6. The van der Waals surface area contributed by atoms with Crippen LogP contribution >= 0.6 is 0 Å². The number of rotatable bonds is 9. The molecule has 0 aliphatic carbocycles. The number of nitrogens with one attached hydrogen (secondary N) is 1. The van der Waals surface area contributed by atoms with Crippen LogP contribution in [0.5, 0.6) is 11.5 Å². The summed E-state index contributed by atoms with van der Waals surface area (Å²) in [5.74, 6) is -0.910. The van der Waals surface area contributed by atoms with Gasteiger partial charge in [-0.15, -0.1) is 0 Å². The Morgan fingerprint density at radius 2 is 1.88 bits per heavy atom. The van der Waals surface area contributed by atoms with Crippen LogP contribution in [0.1, 0.15) is 35.7 Å². The summed E-state index contributed by atoms with van der Waals surface area (Å²) in [6.45, 7) is 3.02. The zero-order valence-electron chi connectivity index (χ0n) is 19.1. The van der Waals surface area contributed by atoms with E-state index in [4.69, 9.17) is 18.6 Å². The first kappa shape index (κ1) is 24.4. The van der Waals surface area contributed by atoms with Crippen LogP contribution in [-0.2, 0) is 25.6 Å². The number of imide groups is 1. The van der Waals surface area contributed by atoms with Gasteiger partial charge in [-0.1, -0.05) is 6.07 Å². The van der Waals surface area contributed by atoms with Crippen LogP contribution in [0.2, 0.25) is 0 Å². The predicted octanol–water partition coefficient (Wildman–Crippen LogP) is 2.50. The van der Waals surface area contributed by atoms with Gasteiger partial charge in [-0.25, -0.2) is 14.4 Å². The molecular weight excluding hydrogens is 448 g/mol. The Morgan fingerprint density at radius 1 is 1.12 bits per heavy atom. The first-order chi connectivity index (χ1) is 16.2. The number of urea groups is 1. The maximum Gasteiger partial charge on any atom is 0.373 e. The van der Waals surface area contributed by atoms with E-state index < -0.39 is 23.9 Å². The number of carbonyl (C=O) groups excluding carboxylic acids is 4. The predicted molar refractivity (Wildman–Crippen MR) is 117 cm³/mol. The van der Waals surface area contributed by atoms with Gasteiger partial charge in [0.25, 0.3) is 5.91 Å². The van der Waals surface area contributed by atoms with Crippen molar-refractivity contribution in [3.05, 3.63) is 53.1 Å². The van der Waals surface area contributed by atoms with Crippen molar-refractivity contribution in [1.82, 2.24) is 10.2 Å². The molecule has 0 unspecified atom stereocenters. The first-order valence-corrected chi connectivity index (χ1v) is 10.2. The summed E-state index contributed by atoms with van der Waals surface area (Å²) in [7, 11) is 2.65. The molecule has 1 aliphatic heterocycles. The van der Waals surface area contributed by atoms with E-state index in [-0.39, 0.29) is 36.5 Å². The van der Waals surface area contributed by atoms with Crippen molar-refractivity contribution in [1.29, 1.82) is 0 Å². The highest BCUT2D eigenvalue weighted by molar-refractivity contribution is 6.13. The van der Waals surface area contributed by atoms with E-state index in [0.29, 0.717) is 17.1 Å². The lowest BCUT2D eigenvalue weighted by atomic mass is 10.1. The number of ether oxygens (including phenoxy) is 4. The second-order valence-corrected chi connectivity index (χ2v) is 7.37. The Bertz CT molecular complexity index is 1130. The number of hydrogen-bond acceptors (Lipinski definition) is 9. The van der Waals surface area contributed by atoms with Crippen molar-refractivity contribution in [3.8, 4) is 11.5 Å². The lowest BCUT2D eigenvalue weighted by Crippen LogP contribution is -2.30.